The average Bonchev–Trinajstić information content (AvgIpc) is 3.07. The third-order valence-electron chi connectivity index (χ3n) is 3.84. The van der Waals surface area contributed by atoms with E-state index < -0.39 is 0 Å². The number of hydrogen-bond acceptors (Lipinski definition) is 5. The van der Waals surface area contributed by atoms with Crippen molar-refractivity contribution in [3.8, 4) is 0 Å². The first-order chi connectivity index (χ1) is 9.20. The third kappa shape index (κ3) is 2.48. The van der Waals surface area contributed by atoms with Gasteiger partial charge >= 0.3 is 0 Å². The highest BCUT2D eigenvalue weighted by Gasteiger charge is 2.48. The van der Waals surface area contributed by atoms with E-state index in [1.807, 2.05) is 12.3 Å². The summed E-state index contributed by atoms with van der Waals surface area (Å²) in [5, 5.41) is 3.16. The van der Waals surface area contributed by atoms with Gasteiger partial charge in [-0.15, -0.1) is 0 Å². The lowest BCUT2D eigenvalue weighted by atomic mass is 10.1. The molecule has 19 heavy (non-hydrogen) atoms. The molecule has 2 heterocycles. The molecule has 1 aliphatic heterocycles. The molecule has 0 aromatic carbocycles. The zero-order chi connectivity index (χ0) is 13.4. The number of carbonyl (C=O) groups excluding carboxylic acids is 2. The molecule has 0 spiro atoms. The highest BCUT2D eigenvalue weighted by atomic mass is 79.9. The topological polar surface area (TPSA) is 62.3 Å². The predicted octanol–water partition coefficient (Wildman–Crippen LogP) is 0.699. The van der Waals surface area contributed by atoms with Gasteiger partial charge in [0.05, 0.1) is 6.04 Å². The zero-order valence-corrected chi connectivity index (χ0v) is 11.8. The van der Waals surface area contributed by atoms with E-state index in [1.54, 1.807) is 0 Å². The van der Waals surface area contributed by atoms with Crippen molar-refractivity contribution >= 4 is 28.0 Å². The number of aldehydes is 1. The van der Waals surface area contributed by atoms with Crippen LogP contribution < -0.4 is 5.32 Å². The molecule has 1 saturated heterocycles. The molecule has 0 radical (unpaired) electrons. The third-order valence-corrected chi connectivity index (χ3v) is 4.31. The summed E-state index contributed by atoms with van der Waals surface area (Å²) >= 11 is 3.32. The van der Waals surface area contributed by atoms with E-state index in [0.717, 1.165) is 11.0 Å². The SMILES string of the molecule is O=CC(=O)C1CNCN1C1CC1c1ccc(Br)nc1. The zero-order valence-electron chi connectivity index (χ0n) is 10.3. The molecular formula is C13H14BrN3O2. The summed E-state index contributed by atoms with van der Waals surface area (Å²) < 4.78 is 0.824. The summed E-state index contributed by atoms with van der Waals surface area (Å²) in [5.74, 6) is 0.0898. The first-order valence-electron chi connectivity index (χ1n) is 6.27. The largest absolute Gasteiger partial charge is 0.302 e. The first-order valence-corrected chi connectivity index (χ1v) is 7.07. The number of aromatic nitrogens is 1. The van der Waals surface area contributed by atoms with Crippen LogP contribution in [0, 0.1) is 0 Å². The highest BCUT2D eigenvalue weighted by Crippen LogP contribution is 2.45. The number of ketones is 1. The Kier molecular flexibility index (Phi) is 3.47. The minimum absolute atomic E-state index is 0.295. The molecule has 1 saturated carbocycles. The molecule has 1 aliphatic carbocycles. The fourth-order valence-electron chi connectivity index (χ4n) is 2.76. The minimum Gasteiger partial charge on any atom is -0.302 e. The average molecular weight is 324 g/mol. The van der Waals surface area contributed by atoms with Crippen molar-refractivity contribution in [1.29, 1.82) is 0 Å². The van der Waals surface area contributed by atoms with Gasteiger partial charge in [0, 0.05) is 31.4 Å². The van der Waals surface area contributed by atoms with Gasteiger partial charge in [0.1, 0.15) is 4.60 Å². The Balaban J connectivity index is 1.70. The lowest BCUT2D eigenvalue weighted by molar-refractivity contribution is -0.132. The van der Waals surface area contributed by atoms with Gasteiger partial charge in [-0.25, -0.2) is 4.98 Å². The van der Waals surface area contributed by atoms with Crippen LogP contribution in [0.4, 0.5) is 0 Å². The van der Waals surface area contributed by atoms with Gasteiger partial charge in [0.25, 0.3) is 0 Å². The van der Waals surface area contributed by atoms with Crippen LogP contribution in [0.2, 0.25) is 0 Å². The van der Waals surface area contributed by atoms with E-state index in [2.05, 4.69) is 37.2 Å². The number of nitrogens with one attached hydrogen (secondary N) is 1. The molecule has 6 heteroatoms. The molecule has 3 atom stereocenters. The maximum absolute atomic E-state index is 11.6. The van der Waals surface area contributed by atoms with Gasteiger partial charge in [-0.2, -0.15) is 0 Å². The van der Waals surface area contributed by atoms with Gasteiger partial charge in [-0.1, -0.05) is 6.07 Å². The van der Waals surface area contributed by atoms with E-state index in [0.29, 0.717) is 31.5 Å². The molecule has 3 rings (SSSR count). The summed E-state index contributed by atoms with van der Waals surface area (Å²) in [5.41, 5.74) is 1.19. The predicted molar refractivity (Wildman–Crippen MR) is 72.7 cm³/mol. The molecule has 1 aromatic heterocycles. The molecular weight excluding hydrogens is 310 g/mol. The molecule has 3 unspecified atom stereocenters. The van der Waals surface area contributed by atoms with Crippen LogP contribution in [0.5, 0.6) is 0 Å². The van der Waals surface area contributed by atoms with Crippen LogP contribution >= 0.6 is 15.9 Å². The van der Waals surface area contributed by atoms with Crippen molar-refractivity contribution in [2.24, 2.45) is 0 Å². The van der Waals surface area contributed by atoms with Crippen molar-refractivity contribution in [1.82, 2.24) is 15.2 Å². The van der Waals surface area contributed by atoms with Gasteiger partial charge in [0.2, 0.25) is 5.78 Å². The minimum atomic E-state index is -0.329. The molecule has 2 aliphatic rings. The number of hydrogen-bond donors (Lipinski definition) is 1. The van der Waals surface area contributed by atoms with E-state index in [1.165, 1.54) is 5.56 Å². The van der Waals surface area contributed by atoms with Crippen LogP contribution in [-0.4, -0.2) is 47.3 Å². The normalized spacial score (nSPS) is 30.3. The number of pyridine rings is 1. The van der Waals surface area contributed by atoms with E-state index in [4.69, 9.17) is 0 Å². The number of halogens is 1. The quantitative estimate of drug-likeness (QED) is 0.502. The van der Waals surface area contributed by atoms with Crippen molar-refractivity contribution in [2.45, 2.75) is 24.4 Å². The molecule has 1 N–H and O–H groups in total. The van der Waals surface area contributed by atoms with E-state index in [9.17, 15) is 9.59 Å². The van der Waals surface area contributed by atoms with Crippen LogP contribution in [-0.2, 0) is 9.59 Å². The smallest absolute Gasteiger partial charge is 0.213 e. The van der Waals surface area contributed by atoms with Crippen molar-refractivity contribution in [3.63, 3.8) is 0 Å². The number of rotatable bonds is 4. The summed E-state index contributed by atoms with van der Waals surface area (Å²) in [6.07, 6.45) is 3.33. The Morgan fingerprint density at radius 3 is 3.05 bits per heavy atom. The first kappa shape index (κ1) is 12.9. The van der Waals surface area contributed by atoms with E-state index >= 15 is 0 Å². The van der Waals surface area contributed by atoms with Gasteiger partial charge in [0.15, 0.2) is 6.29 Å². The number of carbonyl (C=O) groups is 2. The summed E-state index contributed by atoms with van der Waals surface area (Å²) in [6, 6.07) is 4.03. The Bertz CT molecular complexity index is 505. The Hall–Kier alpha value is -1.11. The summed E-state index contributed by atoms with van der Waals surface area (Å²) in [6.45, 7) is 1.24. The maximum atomic E-state index is 11.6. The van der Waals surface area contributed by atoms with Crippen LogP contribution in [0.25, 0.3) is 0 Å². The molecule has 5 nitrogen and oxygen atoms in total. The van der Waals surface area contributed by atoms with Crippen LogP contribution in [0.1, 0.15) is 17.9 Å². The monoisotopic (exact) mass is 323 g/mol. The molecule has 1 aromatic rings. The van der Waals surface area contributed by atoms with Gasteiger partial charge in [-0.05, 0) is 34.0 Å². The second-order valence-corrected chi connectivity index (χ2v) is 5.80. The highest BCUT2D eigenvalue weighted by molar-refractivity contribution is 9.10. The molecule has 100 valence electrons. The van der Waals surface area contributed by atoms with E-state index in [-0.39, 0.29) is 11.8 Å². The maximum Gasteiger partial charge on any atom is 0.213 e. The fraction of sp³-hybridized carbons (Fsp3) is 0.462. The summed E-state index contributed by atoms with van der Waals surface area (Å²) in [7, 11) is 0. The van der Waals surface area contributed by atoms with Crippen molar-refractivity contribution in [2.75, 3.05) is 13.2 Å². The molecule has 0 bridgehead atoms. The fourth-order valence-corrected chi connectivity index (χ4v) is 3.00. The van der Waals surface area contributed by atoms with Crippen LogP contribution in [0.3, 0.4) is 0 Å². The van der Waals surface area contributed by atoms with Gasteiger partial charge < -0.3 is 5.32 Å². The summed E-state index contributed by atoms with van der Waals surface area (Å²) in [4.78, 5) is 28.6. The number of Topliss-reactive ketones (excluding diaryl/α,β-unsaturated/α-hetero) is 1. The van der Waals surface area contributed by atoms with Crippen molar-refractivity contribution in [3.05, 3.63) is 28.5 Å². The lowest BCUT2D eigenvalue weighted by Gasteiger charge is -2.20. The van der Waals surface area contributed by atoms with Crippen molar-refractivity contribution < 1.29 is 9.59 Å². The Morgan fingerprint density at radius 2 is 2.37 bits per heavy atom. The second-order valence-electron chi connectivity index (χ2n) is 4.99. The molecule has 2 fully saturated rings. The molecule has 0 amide bonds. The Labute approximate surface area is 119 Å². The van der Waals surface area contributed by atoms with Gasteiger partial charge in [-0.3, -0.25) is 14.5 Å². The Morgan fingerprint density at radius 1 is 1.53 bits per heavy atom. The lowest BCUT2D eigenvalue weighted by Crippen LogP contribution is -2.40. The van der Waals surface area contributed by atoms with Crippen LogP contribution in [0.15, 0.2) is 22.9 Å². The number of nitrogens with zero attached hydrogens (tertiary/aromatic N) is 2. The second kappa shape index (κ2) is 5.11. The standard InChI is InChI=1S/C13H14BrN3O2/c14-13-2-1-8(4-16-13)9-3-10(9)17-7-15-5-11(17)12(19)6-18/h1-2,4,6,9-11,15H,3,5,7H2.